The zero-order chi connectivity index (χ0) is 18.2. The van der Waals surface area contributed by atoms with Crippen LogP contribution < -0.4 is 5.32 Å². The van der Waals surface area contributed by atoms with Crippen molar-refractivity contribution in [2.24, 2.45) is 0 Å². The molecule has 2 aromatic rings. The van der Waals surface area contributed by atoms with Crippen LogP contribution in [-0.2, 0) is 20.7 Å². The van der Waals surface area contributed by atoms with E-state index in [1.165, 1.54) is 20.3 Å². The van der Waals surface area contributed by atoms with Gasteiger partial charge in [-0.05, 0) is 23.8 Å². The van der Waals surface area contributed by atoms with Gasteiger partial charge in [-0.2, -0.15) is 0 Å². The van der Waals surface area contributed by atoms with E-state index in [2.05, 4.69) is 10.1 Å². The molecule has 0 radical (unpaired) electrons. The average molecular weight is 341 g/mol. The van der Waals surface area contributed by atoms with E-state index in [4.69, 9.17) is 4.74 Å². The monoisotopic (exact) mass is 341 g/mol. The smallest absolute Gasteiger partial charge is 0.337 e. The average Bonchev–Trinajstić information content (AvgIpc) is 2.67. The van der Waals surface area contributed by atoms with Crippen LogP contribution in [0.15, 0.2) is 54.6 Å². The Kier molecular flexibility index (Phi) is 6.28. The zero-order valence-electron chi connectivity index (χ0n) is 14.0. The van der Waals surface area contributed by atoms with Crippen LogP contribution >= 0.6 is 0 Å². The number of methoxy groups -OCH3 is 2. The van der Waals surface area contributed by atoms with E-state index < -0.39 is 23.9 Å². The largest absolute Gasteiger partial charge is 0.467 e. The highest BCUT2D eigenvalue weighted by molar-refractivity contribution is 5.99. The van der Waals surface area contributed by atoms with Gasteiger partial charge in [0.2, 0.25) is 0 Å². The third-order valence-corrected chi connectivity index (χ3v) is 3.62. The summed E-state index contributed by atoms with van der Waals surface area (Å²) in [7, 11) is 2.53. The molecule has 0 bridgehead atoms. The first-order chi connectivity index (χ1) is 12.0. The first-order valence-corrected chi connectivity index (χ1v) is 7.66. The van der Waals surface area contributed by atoms with Gasteiger partial charge in [0.25, 0.3) is 5.91 Å². The van der Waals surface area contributed by atoms with Crippen molar-refractivity contribution < 1.29 is 23.9 Å². The SMILES string of the molecule is COC(=O)c1cccc(C(=O)NC(Cc2ccccc2)C(=O)OC)c1. The summed E-state index contributed by atoms with van der Waals surface area (Å²) in [5.41, 5.74) is 1.40. The zero-order valence-corrected chi connectivity index (χ0v) is 14.0. The van der Waals surface area contributed by atoms with Crippen LogP contribution in [0.3, 0.4) is 0 Å². The summed E-state index contributed by atoms with van der Waals surface area (Å²) in [6.07, 6.45) is 0.302. The van der Waals surface area contributed by atoms with E-state index in [9.17, 15) is 14.4 Å². The minimum atomic E-state index is -0.832. The molecule has 2 rings (SSSR count). The van der Waals surface area contributed by atoms with Crippen LogP contribution in [0.4, 0.5) is 0 Å². The number of hydrogen-bond acceptors (Lipinski definition) is 5. The molecule has 6 nitrogen and oxygen atoms in total. The molecule has 0 aliphatic heterocycles. The molecule has 0 spiro atoms. The standard InChI is InChI=1S/C19H19NO5/c1-24-18(22)15-10-6-9-14(12-15)17(21)20-16(19(23)25-2)11-13-7-4-3-5-8-13/h3-10,12,16H,11H2,1-2H3,(H,20,21). The highest BCUT2D eigenvalue weighted by Gasteiger charge is 2.23. The van der Waals surface area contributed by atoms with Crippen LogP contribution in [0, 0.1) is 0 Å². The molecule has 0 saturated heterocycles. The molecule has 0 saturated carbocycles. The van der Waals surface area contributed by atoms with E-state index in [0.717, 1.165) is 5.56 Å². The second-order valence-corrected chi connectivity index (χ2v) is 5.31. The van der Waals surface area contributed by atoms with Gasteiger partial charge >= 0.3 is 11.9 Å². The first kappa shape index (κ1) is 18.2. The van der Waals surface area contributed by atoms with Crippen LogP contribution in [0.5, 0.6) is 0 Å². The van der Waals surface area contributed by atoms with E-state index >= 15 is 0 Å². The summed E-state index contributed by atoms with van der Waals surface area (Å²) >= 11 is 0. The molecule has 130 valence electrons. The van der Waals surface area contributed by atoms with Crippen molar-refractivity contribution in [1.29, 1.82) is 0 Å². The van der Waals surface area contributed by atoms with Gasteiger partial charge in [0.1, 0.15) is 6.04 Å². The fraction of sp³-hybridized carbons (Fsp3) is 0.211. The Hall–Kier alpha value is -3.15. The maximum Gasteiger partial charge on any atom is 0.337 e. The predicted octanol–water partition coefficient (Wildman–Crippen LogP) is 1.99. The topological polar surface area (TPSA) is 81.7 Å². The number of carbonyl (C=O) groups excluding carboxylic acids is 3. The van der Waals surface area contributed by atoms with E-state index in [1.54, 1.807) is 18.2 Å². The Balaban J connectivity index is 2.16. The molecule has 1 atom stereocenters. The third-order valence-electron chi connectivity index (χ3n) is 3.62. The van der Waals surface area contributed by atoms with Gasteiger partial charge in [-0.15, -0.1) is 0 Å². The molecule has 0 heterocycles. The quantitative estimate of drug-likeness (QED) is 0.813. The number of rotatable bonds is 6. The molecular weight excluding hydrogens is 322 g/mol. The lowest BCUT2D eigenvalue weighted by atomic mass is 10.0. The summed E-state index contributed by atoms with van der Waals surface area (Å²) in [5, 5.41) is 2.65. The summed E-state index contributed by atoms with van der Waals surface area (Å²) in [6, 6.07) is 14.6. The van der Waals surface area contributed by atoms with E-state index in [1.807, 2.05) is 30.3 Å². The fourth-order valence-corrected chi connectivity index (χ4v) is 2.33. The molecule has 2 aromatic carbocycles. The summed E-state index contributed by atoms with van der Waals surface area (Å²) in [4.78, 5) is 36.0. The molecule has 0 aliphatic rings. The molecule has 0 aromatic heterocycles. The van der Waals surface area contributed by atoms with Gasteiger partial charge in [-0.3, -0.25) is 4.79 Å². The molecule has 0 aliphatic carbocycles. The Morgan fingerprint density at radius 2 is 1.60 bits per heavy atom. The maximum absolute atomic E-state index is 12.5. The van der Waals surface area contributed by atoms with Crippen LogP contribution in [0.25, 0.3) is 0 Å². The van der Waals surface area contributed by atoms with Crippen LogP contribution in [0.1, 0.15) is 26.3 Å². The Bertz CT molecular complexity index is 757. The van der Waals surface area contributed by atoms with Crippen molar-refractivity contribution in [3.63, 3.8) is 0 Å². The highest BCUT2D eigenvalue weighted by atomic mass is 16.5. The van der Waals surface area contributed by atoms with Crippen molar-refractivity contribution in [3.8, 4) is 0 Å². The summed E-state index contributed by atoms with van der Waals surface area (Å²) in [5.74, 6) is -1.55. The normalized spacial score (nSPS) is 11.3. The van der Waals surface area contributed by atoms with Gasteiger partial charge < -0.3 is 14.8 Å². The lowest BCUT2D eigenvalue weighted by Crippen LogP contribution is -2.43. The van der Waals surface area contributed by atoms with Crippen molar-refractivity contribution in [2.75, 3.05) is 14.2 Å². The highest BCUT2D eigenvalue weighted by Crippen LogP contribution is 2.09. The van der Waals surface area contributed by atoms with Crippen molar-refractivity contribution in [1.82, 2.24) is 5.32 Å². The van der Waals surface area contributed by atoms with Crippen LogP contribution in [-0.4, -0.2) is 38.1 Å². The van der Waals surface area contributed by atoms with Gasteiger partial charge in [0, 0.05) is 12.0 Å². The number of hydrogen-bond donors (Lipinski definition) is 1. The van der Waals surface area contributed by atoms with E-state index in [0.29, 0.717) is 6.42 Å². The molecule has 6 heteroatoms. The van der Waals surface area contributed by atoms with Crippen LogP contribution in [0.2, 0.25) is 0 Å². The second-order valence-electron chi connectivity index (χ2n) is 5.31. The third kappa shape index (κ3) is 4.91. The summed E-state index contributed by atoms with van der Waals surface area (Å²) in [6.45, 7) is 0. The molecule has 0 fully saturated rings. The number of amides is 1. The molecular formula is C19H19NO5. The molecule has 1 N–H and O–H groups in total. The first-order valence-electron chi connectivity index (χ1n) is 7.66. The van der Waals surface area contributed by atoms with Crippen molar-refractivity contribution >= 4 is 17.8 Å². The minimum absolute atomic E-state index is 0.255. The lowest BCUT2D eigenvalue weighted by Gasteiger charge is -2.17. The maximum atomic E-state index is 12.5. The number of ether oxygens (including phenoxy) is 2. The van der Waals surface area contributed by atoms with E-state index in [-0.39, 0.29) is 11.1 Å². The van der Waals surface area contributed by atoms with Gasteiger partial charge in [-0.25, -0.2) is 9.59 Å². The molecule has 25 heavy (non-hydrogen) atoms. The summed E-state index contributed by atoms with van der Waals surface area (Å²) < 4.78 is 9.41. The second kappa shape index (κ2) is 8.63. The number of nitrogens with one attached hydrogen (secondary N) is 1. The molecule has 1 unspecified atom stereocenters. The fourth-order valence-electron chi connectivity index (χ4n) is 2.33. The number of benzene rings is 2. The van der Waals surface area contributed by atoms with Gasteiger partial charge in [0.05, 0.1) is 19.8 Å². The van der Waals surface area contributed by atoms with Crippen molar-refractivity contribution in [3.05, 3.63) is 71.3 Å². The Morgan fingerprint density at radius 3 is 2.24 bits per heavy atom. The Morgan fingerprint density at radius 1 is 0.920 bits per heavy atom. The van der Waals surface area contributed by atoms with Crippen molar-refractivity contribution in [2.45, 2.75) is 12.5 Å². The molecule has 1 amide bonds. The number of esters is 2. The van der Waals surface area contributed by atoms with Gasteiger partial charge in [-0.1, -0.05) is 36.4 Å². The predicted molar refractivity (Wildman–Crippen MR) is 91.2 cm³/mol. The van der Waals surface area contributed by atoms with Gasteiger partial charge in [0.15, 0.2) is 0 Å². The lowest BCUT2D eigenvalue weighted by molar-refractivity contribution is -0.142. The Labute approximate surface area is 145 Å². The number of carbonyl (C=O) groups is 3. The minimum Gasteiger partial charge on any atom is -0.467 e.